The number of carboxylic acids is 1. The Hall–Kier alpha value is -1.88. The average molecular weight is 345 g/mol. The van der Waals surface area contributed by atoms with E-state index in [1.807, 2.05) is 24.3 Å². The second-order valence-corrected chi connectivity index (χ2v) is 6.69. The van der Waals surface area contributed by atoms with Gasteiger partial charge in [0.05, 0.1) is 5.56 Å². The lowest BCUT2D eigenvalue weighted by molar-refractivity contribution is 0.0697. The number of aromatic carboxylic acids is 1. The van der Waals surface area contributed by atoms with Crippen molar-refractivity contribution in [2.24, 2.45) is 0 Å². The van der Waals surface area contributed by atoms with Crippen molar-refractivity contribution in [2.75, 3.05) is 13.6 Å². The highest BCUT2D eigenvalue weighted by atomic mass is 35.5. The van der Waals surface area contributed by atoms with Crippen LogP contribution in [-0.4, -0.2) is 35.6 Å². The number of likely N-dealkylation sites (tertiary alicyclic amines) is 1. The zero-order valence-corrected chi connectivity index (χ0v) is 14.3. The largest absolute Gasteiger partial charge is 0.478 e. The second kappa shape index (κ2) is 7.34. The number of likely N-dealkylation sites (N-methyl/N-ethyl adjacent to an activating group) is 1. The topological polar surface area (TPSA) is 52.6 Å². The van der Waals surface area contributed by atoms with Crippen LogP contribution < -0.4 is 5.32 Å². The Morgan fingerprint density at radius 2 is 1.88 bits per heavy atom. The maximum atomic E-state index is 10.9. The summed E-state index contributed by atoms with van der Waals surface area (Å²) in [7, 11) is 2.14. The fraction of sp³-hybridized carbons (Fsp3) is 0.316. The van der Waals surface area contributed by atoms with Gasteiger partial charge in [0.2, 0.25) is 0 Å². The van der Waals surface area contributed by atoms with Gasteiger partial charge in [-0.2, -0.15) is 0 Å². The van der Waals surface area contributed by atoms with Crippen LogP contribution in [0.3, 0.4) is 0 Å². The fourth-order valence-electron chi connectivity index (χ4n) is 3.32. The van der Waals surface area contributed by atoms with E-state index in [0.29, 0.717) is 17.6 Å². The lowest BCUT2D eigenvalue weighted by Crippen LogP contribution is -2.34. The van der Waals surface area contributed by atoms with E-state index in [0.717, 1.165) is 30.1 Å². The van der Waals surface area contributed by atoms with Crippen LogP contribution in [0.1, 0.15) is 33.9 Å². The normalized spacial score (nSPS) is 21.1. The van der Waals surface area contributed by atoms with Gasteiger partial charge in [-0.05, 0) is 48.9 Å². The number of halogens is 1. The average Bonchev–Trinajstić information content (AvgIpc) is 2.95. The number of nitrogens with one attached hydrogen (secondary N) is 1. The molecule has 2 aromatic carbocycles. The third-order valence-electron chi connectivity index (χ3n) is 4.63. The molecule has 1 aliphatic rings. The Kier molecular flexibility index (Phi) is 5.19. The molecule has 0 radical (unpaired) electrons. The molecule has 4 nitrogen and oxygen atoms in total. The lowest BCUT2D eigenvalue weighted by Gasteiger charge is -2.26. The Morgan fingerprint density at radius 1 is 1.21 bits per heavy atom. The van der Waals surface area contributed by atoms with Crippen LogP contribution >= 0.6 is 11.6 Å². The van der Waals surface area contributed by atoms with Gasteiger partial charge < -0.3 is 10.4 Å². The van der Waals surface area contributed by atoms with Gasteiger partial charge in [0.15, 0.2) is 0 Å². The van der Waals surface area contributed by atoms with E-state index < -0.39 is 5.97 Å². The summed E-state index contributed by atoms with van der Waals surface area (Å²) < 4.78 is 0. The highest BCUT2D eigenvalue weighted by molar-refractivity contribution is 6.30. The zero-order valence-electron chi connectivity index (χ0n) is 13.6. The Morgan fingerprint density at radius 3 is 2.50 bits per heavy atom. The molecule has 0 aromatic heterocycles. The van der Waals surface area contributed by atoms with Crippen molar-refractivity contribution in [2.45, 2.75) is 25.0 Å². The molecule has 2 N–H and O–H groups in total. The van der Waals surface area contributed by atoms with E-state index in [2.05, 4.69) is 29.4 Å². The minimum absolute atomic E-state index is 0.318. The first-order valence-corrected chi connectivity index (χ1v) is 8.44. The molecular weight excluding hydrogens is 324 g/mol. The SMILES string of the molecule is CN1CCC(NCc2ccc(C(=O)O)cc2)C1c1ccc(Cl)cc1. The van der Waals surface area contributed by atoms with E-state index in [-0.39, 0.29) is 0 Å². The van der Waals surface area contributed by atoms with Gasteiger partial charge in [-0.1, -0.05) is 35.9 Å². The predicted octanol–water partition coefficient (Wildman–Crippen LogP) is 3.57. The van der Waals surface area contributed by atoms with Crippen LogP contribution in [0.2, 0.25) is 5.02 Å². The van der Waals surface area contributed by atoms with Gasteiger partial charge in [-0.15, -0.1) is 0 Å². The molecule has 0 aliphatic carbocycles. The van der Waals surface area contributed by atoms with Gasteiger partial charge in [0, 0.05) is 30.2 Å². The van der Waals surface area contributed by atoms with Gasteiger partial charge in [-0.3, -0.25) is 4.90 Å². The van der Waals surface area contributed by atoms with Gasteiger partial charge in [-0.25, -0.2) is 4.79 Å². The van der Waals surface area contributed by atoms with Crippen molar-refractivity contribution in [1.29, 1.82) is 0 Å². The molecule has 0 saturated carbocycles. The molecule has 5 heteroatoms. The lowest BCUT2D eigenvalue weighted by atomic mass is 10.00. The molecule has 2 unspecified atom stereocenters. The minimum atomic E-state index is -0.894. The van der Waals surface area contributed by atoms with Crippen molar-refractivity contribution >= 4 is 17.6 Å². The van der Waals surface area contributed by atoms with Crippen LogP contribution in [0.4, 0.5) is 0 Å². The molecule has 0 spiro atoms. The quantitative estimate of drug-likeness (QED) is 0.870. The first-order chi connectivity index (χ1) is 11.5. The Bertz CT molecular complexity index is 700. The summed E-state index contributed by atoms with van der Waals surface area (Å²) >= 11 is 6.00. The summed E-state index contributed by atoms with van der Waals surface area (Å²) in [5.74, 6) is -0.894. The molecule has 2 atom stereocenters. The summed E-state index contributed by atoms with van der Waals surface area (Å²) in [5.41, 5.74) is 2.67. The molecule has 1 heterocycles. The third-order valence-corrected chi connectivity index (χ3v) is 4.88. The number of carboxylic acid groups (broad SMARTS) is 1. The van der Waals surface area contributed by atoms with Gasteiger partial charge in [0.25, 0.3) is 0 Å². The van der Waals surface area contributed by atoms with Crippen LogP contribution in [0.25, 0.3) is 0 Å². The van der Waals surface area contributed by atoms with Gasteiger partial charge >= 0.3 is 5.97 Å². The molecule has 3 rings (SSSR count). The summed E-state index contributed by atoms with van der Waals surface area (Å²) in [6.45, 7) is 1.77. The zero-order chi connectivity index (χ0) is 17.1. The maximum absolute atomic E-state index is 10.9. The van der Waals surface area contributed by atoms with Crippen molar-refractivity contribution in [3.8, 4) is 0 Å². The highest BCUT2D eigenvalue weighted by Gasteiger charge is 2.32. The van der Waals surface area contributed by atoms with E-state index in [1.165, 1.54) is 5.56 Å². The molecule has 0 amide bonds. The van der Waals surface area contributed by atoms with Crippen molar-refractivity contribution < 1.29 is 9.90 Å². The summed E-state index contributed by atoms with van der Waals surface area (Å²) in [6, 6.07) is 15.8. The van der Waals surface area contributed by atoms with Crippen LogP contribution in [0.15, 0.2) is 48.5 Å². The first-order valence-electron chi connectivity index (χ1n) is 8.06. The fourth-order valence-corrected chi connectivity index (χ4v) is 3.45. The Labute approximate surface area is 147 Å². The van der Waals surface area contributed by atoms with E-state index in [1.54, 1.807) is 12.1 Å². The van der Waals surface area contributed by atoms with Crippen LogP contribution in [-0.2, 0) is 6.54 Å². The standard InChI is InChI=1S/C19H21ClN2O2/c1-22-11-10-17(18(22)14-6-8-16(20)9-7-14)21-12-13-2-4-15(5-3-13)19(23)24/h2-9,17-18,21H,10-12H2,1H3,(H,23,24). The second-order valence-electron chi connectivity index (χ2n) is 6.26. The number of rotatable bonds is 5. The van der Waals surface area contributed by atoms with E-state index in [4.69, 9.17) is 16.7 Å². The molecule has 2 aromatic rings. The van der Waals surface area contributed by atoms with Crippen molar-refractivity contribution in [3.05, 3.63) is 70.2 Å². The van der Waals surface area contributed by atoms with Crippen LogP contribution in [0.5, 0.6) is 0 Å². The molecule has 1 aliphatic heterocycles. The maximum Gasteiger partial charge on any atom is 0.335 e. The van der Waals surface area contributed by atoms with Gasteiger partial charge in [0.1, 0.15) is 0 Å². The molecule has 0 bridgehead atoms. The molecule has 1 saturated heterocycles. The Balaban J connectivity index is 1.67. The summed E-state index contributed by atoms with van der Waals surface area (Å²) in [4.78, 5) is 13.3. The highest BCUT2D eigenvalue weighted by Crippen LogP contribution is 2.31. The first kappa shape index (κ1) is 17.0. The third kappa shape index (κ3) is 3.78. The number of carbonyl (C=O) groups is 1. The molecule has 24 heavy (non-hydrogen) atoms. The van der Waals surface area contributed by atoms with E-state index in [9.17, 15) is 4.79 Å². The van der Waals surface area contributed by atoms with Crippen molar-refractivity contribution in [1.82, 2.24) is 10.2 Å². The smallest absolute Gasteiger partial charge is 0.335 e. The number of nitrogens with zero attached hydrogens (tertiary/aromatic N) is 1. The minimum Gasteiger partial charge on any atom is -0.478 e. The number of hydrogen-bond donors (Lipinski definition) is 2. The van der Waals surface area contributed by atoms with E-state index >= 15 is 0 Å². The molecular formula is C19H21ClN2O2. The van der Waals surface area contributed by atoms with Crippen LogP contribution in [0, 0.1) is 0 Å². The number of benzene rings is 2. The predicted molar refractivity (Wildman–Crippen MR) is 95.5 cm³/mol. The van der Waals surface area contributed by atoms with Crippen molar-refractivity contribution in [3.63, 3.8) is 0 Å². The summed E-state index contributed by atoms with van der Waals surface area (Å²) in [5, 5.41) is 13.3. The summed E-state index contributed by atoms with van der Waals surface area (Å²) in [6.07, 6.45) is 1.08. The monoisotopic (exact) mass is 344 g/mol. The molecule has 126 valence electrons. The number of hydrogen-bond acceptors (Lipinski definition) is 3. The molecule has 1 fully saturated rings.